The third-order valence-corrected chi connectivity index (χ3v) is 3.38. The number of ether oxygens (including phenoxy) is 1. The average molecular weight is 294 g/mol. The van der Waals surface area contributed by atoms with E-state index in [9.17, 15) is 0 Å². The Bertz CT molecular complexity index is 268. The van der Waals surface area contributed by atoms with Crippen molar-refractivity contribution >= 4 is 27.3 Å². The average Bonchev–Trinajstić information content (AvgIpc) is 2.63. The number of aliphatic hydroxyl groups excluding tert-OH is 1. The SMILES string of the molecule is OCCOCCCNCc1csc(Br)c1. The summed E-state index contributed by atoms with van der Waals surface area (Å²) in [6.45, 7) is 3.11. The number of hydrogen-bond donors (Lipinski definition) is 2. The largest absolute Gasteiger partial charge is 0.394 e. The van der Waals surface area contributed by atoms with Gasteiger partial charge in [-0.2, -0.15) is 0 Å². The van der Waals surface area contributed by atoms with Crippen LogP contribution in [0.2, 0.25) is 0 Å². The fourth-order valence-electron chi connectivity index (χ4n) is 1.14. The molecule has 1 aromatic rings. The highest BCUT2D eigenvalue weighted by molar-refractivity contribution is 9.11. The maximum absolute atomic E-state index is 8.48. The molecule has 0 spiro atoms. The maximum atomic E-state index is 8.48. The number of aliphatic hydroxyl groups is 1. The van der Waals surface area contributed by atoms with Gasteiger partial charge in [-0.1, -0.05) is 0 Å². The lowest BCUT2D eigenvalue weighted by molar-refractivity contribution is 0.0907. The molecule has 0 saturated carbocycles. The van der Waals surface area contributed by atoms with E-state index in [1.165, 1.54) is 9.35 Å². The van der Waals surface area contributed by atoms with Gasteiger partial charge >= 0.3 is 0 Å². The smallest absolute Gasteiger partial charge is 0.0701 e. The van der Waals surface area contributed by atoms with E-state index >= 15 is 0 Å². The van der Waals surface area contributed by atoms with Crippen LogP contribution >= 0.6 is 27.3 Å². The lowest BCUT2D eigenvalue weighted by Crippen LogP contribution is -2.16. The first kappa shape index (κ1) is 13.1. The van der Waals surface area contributed by atoms with Crippen LogP contribution < -0.4 is 5.32 Å². The summed E-state index contributed by atoms with van der Waals surface area (Å²) in [6, 6.07) is 2.12. The van der Waals surface area contributed by atoms with Crippen LogP contribution in [0.5, 0.6) is 0 Å². The first-order valence-electron chi connectivity index (χ1n) is 4.95. The highest BCUT2D eigenvalue weighted by Gasteiger charge is 1.96. The molecule has 1 aromatic heterocycles. The molecule has 15 heavy (non-hydrogen) atoms. The molecule has 0 aromatic carbocycles. The van der Waals surface area contributed by atoms with Gasteiger partial charge in [0, 0.05) is 13.2 Å². The summed E-state index contributed by atoms with van der Waals surface area (Å²) >= 11 is 5.13. The molecule has 1 heterocycles. The van der Waals surface area contributed by atoms with Crippen molar-refractivity contribution in [3.05, 3.63) is 20.8 Å². The van der Waals surface area contributed by atoms with Crippen molar-refractivity contribution in [1.82, 2.24) is 5.32 Å². The highest BCUT2D eigenvalue weighted by atomic mass is 79.9. The van der Waals surface area contributed by atoms with E-state index in [1.54, 1.807) is 11.3 Å². The third kappa shape index (κ3) is 6.27. The summed E-state index contributed by atoms with van der Waals surface area (Å²) in [6.07, 6.45) is 0.977. The van der Waals surface area contributed by atoms with E-state index in [0.717, 1.165) is 19.5 Å². The zero-order chi connectivity index (χ0) is 10.9. The monoisotopic (exact) mass is 293 g/mol. The van der Waals surface area contributed by atoms with Gasteiger partial charge in [0.15, 0.2) is 0 Å². The van der Waals surface area contributed by atoms with Gasteiger partial charge in [-0.15, -0.1) is 11.3 Å². The second-order valence-electron chi connectivity index (χ2n) is 3.13. The van der Waals surface area contributed by atoms with Gasteiger partial charge < -0.3 is 15.2 Å². The molecule has 5 heteroatoms. The number of nitrogens with one attached hydrogen (secondary N) is 1. The Hall–Kier alpha value is 0.0600. The van der Waals surface area contributed by atoms with Crippen molar-refractivity contribution in [2.75, 3.05) is 26.4 Å². The molecule has 0 fully saturated rings. The van der Waals surface area contributed by atoms with E-state index in [4.69, 9.17) is 9.84 Å². The highest BCUT2D eigenvalue weighted by Crippen LogP contribution is 2.20. The molecule has 0 aliphatic rings. The number of thiophene rings is 1. The molecule has 0 saturated heterocycles. The predicted molar refractivity (Wildman–Crippen MR) is 66.2 cm³/mol. The topological polar surface area (TPSA) is 41.5 Å². The van der Waals surface area contributed by atoms with E-state index in [1.807, 2.05) is 0 Å². The van der Waals surface area contributed by atoms with Crippen molar-refractivity contribution in [3.63, 3.8) is 0 Å². The lowest BCUT2D eigenvalue weighted by atomic mass is 10.3. The number of halogens is 1. The molecular formula is C10H16BrNO2S. The lowest BCUT2D eigenvalue weighted by Gasteiger charge is -2.03. The van der Waals surface area contributed by atoms with Gasteiger partial charge in [-0.3, -0.25) is 0 Å². The molecule has 0 aliphatic carbocycles. The Morgan fingerprint density at radius 2 is 2.33 bits per heavy atom. The molecule has 3 nitrogen and oxygen atoms in total. The molecule has 1 rings (SSSR count). The van der Waals surface area contributed by atoms with E-state index in [2.05, 4.69) is 32.7 Å². The number of hydrogen-bond acceptors (Lipinski definition) is 4. The summed E-state index contributed by atoms with van der Waals surface area (Å²) in [7, 11) is 0. The first-order valence-corrected chi connectivity index (χ1v) is 6.62. The number of rotatable bonds is 8. The van der Waals surface area contributed by atoms with Crippen LogP contribution in [0.1, 0.15) is 12.0 Å². The van der Waals surface area contributed by atoms with Gasteiger partial charge in [-0.25, -0.2) is 0 Å². The fraction of sp³-hybridized carbons (Fsp3) is 0.600. The second kappa shape index (κ2) is 8.24. The Balaban J connectivity index is 1.93. The minimum atomic E-state index is 0.107. The Morgan fingerprint density at radius 3 is 3.00 bits per heavy atom. The summed E-state index contributed by atoms with van der Waals surface area (Å²) in [5.74, 6) is 0. The van der Waals surface area contributed by atoms with Gasteiger partial charge in [0.2, 0.25) is 0 Å². The van der Waals surface area contributed by atoms with Gasteiger partial charge in [0.1, 0.15) is 0 Å². The van der Waals surface area contributed by atoms with E-state index < -0.39 is 0 Å². The first-order chi connectivity index (χ1) is 7.33. The van der Waals surface area contributed by atoms with Crippen molar-refractivity contribution in [2.24, 2.45) is 0 Å². The Morgan fingerprint density at radius 1 is 1.47 bits per heavy atom. The second-order valence-corrected chi connectivity index (χ2v) is 5.42. The van der Waals surface area contributed by atoms with Crippen LogP contribution in [-0.4, -0.2) is 31.5 Å². The van der Waals surface area contributed by atoms with Crippen LogP contribution in [-0.2, 0) is 11.3 Å². The van der Waals surface area contributed by atoms with Gasteiger partial charge in [0.05, 0.1) is 17.0 Å². The van der Waals surface area contributed by atoms with Crippen LogP contribution in [0.25, 0.3) is 0 Å². The zero-order valence-electron chi connectivity index (χ0n) is 8.54. The van der Waals surface area contributed by atoms with Crippen LogP contribution in [0.15, 0.2) is 15.2 Å². The van der Waals surface area contributed by atoms with Crippen molar-refractivity contribution in [1.29, 1.82) is 0 Å². The van der Waals surface area contributed by atoms with Crippen LogP contribution in [0.3, 0.4) is 0 Å². The predicted octanol–water partition coefficient (Wildman–Crippen LogP) is 2.00. The Labute approximate surface area is 103 Å². The minimum Gasteiger partial charge on any atom is -0.394 e. The molecule has 86 valence electrons. The van der Waals surface area contributed by atoms with Gasteiger partial charge in [-0.05, 0) is 45.9 Å². The third-order valence-electron chi connectivity index (χ3n) is 1.83. The molecule has 0 atom stereocenters. The normalized spacial score (nSPS) is 10.8. The van der Waals surface area contributed by atoms with Gasteiger partial charge in [0.25, 0.3) is 0 Å². The van der Waals surface area contributed by atoms with E-state index in [-0.39, 0.29) is 6.61 Å². The molecule has 0 amide bonds. The molecular weight excluding hydrogens is 278 g/mol. The molecule has 0 aliphatic heterocycles. The van der Waals surface area contributed by atoms with Crippen LogP contribution in [0, 0.1) is 0 Å². The maximum Gasteiger partial charge on any atom is 0.0701 e. The molecule has 0 unspecified atom stereocenters. The van der Waals surface area contributed by atoms with Crippen molar-refractivity contribution in [2.45, 2.75) is 13.0 Å². The quantitative estimate of drug-likeness (QED) is 0.721. The standard InChI is InChI=1S/C10H16BrNO2S/c11-10-6-9(8-15-10)7-12-2-1-4-14-5-3-13/h6,8,12-13H,1-5,7H2. The van der Waals surface area contributed by atoms with Crippen molar-refractivity contribution < 1.29 is 9.84 Å². The summed E-state index contributed by atoms with van der Waals surface area (Å²) in [4.78, 5) is 0. The van der Waals surface area contributed by atoms with Crippen LogP contribution in [0.4, 0.5) is 0 Å². The summed E-state index contributed by atoms with van der Waals surface area (Å²) < 4.78 is 6.32. The fourth-order valence-corrected chi connectivity index (χ4v) is 2.35. The molecule has 2 N–H and O–H groups in total. The Kier molecular flexibility index (Phi) is 7.21. The molecule has 0 radical (unpaired) electrons. The van der Waals surface area contributed by atoms with E-state index in [0.29, 0.717) is 13.2 Å². The zero-order valence-corrected chi connectivity index (χ0v) is 10.9. The summed E-state index contributed by atoms with van der Waals surface area (Å²) in [5.41, 5.74) is 1.31. The summed E-state index contributed by atoms with van der Waals surface area (Å²) in [5, 5.41) is 13.9. The molecule has 0 bridgehead atoms. The minimum absolute atomic E-state index is 0.107. The van der Waals surface area contributed by atoms with Crippen molar-refractivity contribution in [3.8, 4) is 0 Å².